The molecule has 5 heterocycles. The molecule has 5 rings (SSSR count). The van der Waals surface area contributed by atoms with E-state index in [1.165, 1.54) is 5.69 Å². The van der Waals surface area contributed by atoms with E-state index >= 15 is 0 Å². The van der Waals surface area contributed by atoms with Crippen molar-refractivity contribution in [3.8, 4) is 5.82 Å². The molecule has 0 saturated carbocycles. The predicted molar refractivity (Wildman–Crippen MR) is 96.8 cm³/mol. The number of aromatic nitrogens is 4. The van der Waals surface area contributed by atoms with E-state index in [1.807, 2.05) is 36.5 Å². The standard InChI is InChI=1S/C20H19N5O/c1-2-9-21-18(7-1)25-10-3-6-17(25)20-19-16(22-14-23-19)8-11-24(20)13-15-5-4-12-26-15/h1-7,9-10,12,14,20H,8,11,13H2,(H,22,23)/t20-/m1/s1. The van der Waals surface area contributed by atoms with Gasteiger partial charge in [-0.05, 0) is 36.4 Å². The van der Waals surface area contributed by atoms with Crippen molar-refractivity contribution in [3.05, 3.63) is 90.3 Å². The van der Waals surface area contributed by atoms with Crippen LogP contribution in [-0.4, -0.2) is 31.0 Å². The van der Waals surface area contributed by atoms with Gasteiger partial charge in [0.05, 0.1) is 30.9 Å². The van der Waals surface area contributed by atoms with E-state index in [0.717, 1.165) is 42.5 Å². The van der Waals surface area contributed by atoms with Crippen molar-refractivity contribution < 1.29 is 4.42 Å². The lowest BCUT2D eigenvalue weighted by Crippen LogP contribution is -2.36. The highest BCUT2D eigenvalue weighted by molar-refractivity contribution is 5.35. The summed E-state index contributed by atoms with van der Waals surface area (Å²) in [6, 6.07) is 14.2. The van der Waals surface area contributed by atoms with E-state index in [9.17, 15) is 0 Å². The number of hydrogen-bond donors (Lipinski definition) is 1. The first-order valence-electron chi connectivity index (χ1n) is 8.77. The second-order valence-electron chi connectivity index (χ2n) is 6.46. The summed E-state index contributed by atoms with van der Waals surface area (Å²) in [7, 11) is 0. The van der Waals surface area contributed by atoms with Crippen molar-refractivity contribution in [1.29, 1.82) is 0 Å². The molecule has 0 aliphatic carbocycles. The fourth-order valence-corrected chi connectivity index (χ4v) is 3.75. The van der Waals surface area contributed by atoms with Crippen molar-refractivity contribution in [3.63, 3.8) is 0 Å². The zero-order valence-electron chi connectivity index (χ0n) is 14.2. The maximum atomic E-state index is 5.60. The van der Waals surface area contributed by atoms with Crippen LogP contribution in [0.1, 0.15) is 28.9 Å². The Bertz CT molecular complexity index is 986. The molecule has 0 unspecified atom stereocenters. The van der Waals surface area contributed by atoms with Crippen LogP contribution in [-0.2, 0) is 13.0 Å². The third-order valence-electron chi connectivity index (χ3n) is 4.92. The first-order chi connectivity index (χ1) is 12.9. The summed E-state index contributed by atoms with van der Waals surface area (Å²) in [6.45, 7) is 1.69. The Morgan fingerprint density at radius 3 is 2.96 bits per heavy atom. The second kappa shape index (κ2) is 6.31. The molecule has 26 heavy (non-hydrogen) atoms. The Hall–Kier alpha value is -3.12. The third-order valence-corrected chi connectivity index (χ3v) is 4.92. The number of nitrogens with zero attached hydrogens (tertiary/aromatic N) is 4. The smallest absolute Gasteiger partial charge is 0.136 e. The largest absolute Gasteiger partial charge is 0.468 e. The molecule has 6 nitrogen and oxygen atoms in total. The third kappa shape index (κ3) is 2.55. The first-order valence-corrected chi connectivity index (χ1v) is 8.77. The van der Waals surface area contributed by atoms with E-state index in [1.54, 1.807) is 12.6 Å². The summed E-state index contributed by atoms with van der Waals surface area (Å²) in [5.74, 6) is 1.87. The molecule has 1 atom stereocenters. The normalized spacial score (nSPS) is 17.3. The van der Waals surface area contributed by atoms with Gasteiger partial charge < -0.3 is 14.0 Å². The Morgan fingerprint density at radius 2 is 2.12 bits per heavy atom. The van der Waals surface area contributed by atoms with Gasteiger partial charge in [-0.25, -0.2) is 9.97 Å². The van der Waals surface area contributed by atoms with Crippen LogP contribution in [0.15, 0.2) is 71.9 Å². The molecule has 0 bridgehead atoms. The summed E-state index contributed by atoms with van der Waals surface area (Å²) >= 11 is 0. The topological polar surface area (TPSA) is 62.9 Å². The highest BCUT2D eigenvalue weighted by Crippen LogP contribution is 2.35. The van der Waals surface area contributed by atoms with Gasteiger partial charge in [-0.3, -0.25) is 4.90 Å². The number of pyridine rings is 1. The van der Waals surface area contributed by atoms with Gasteiger partial charge in [-0.1, -0.05) is 6.07 Å². The molecule has 6 heteroatoms. The molecule has 4 aromatic rings. The zero-order chi connectivity index (χ0) is 17.3. The molecule has 0 fully saturated rings. The van der Waals surface area contributed by atoms with Gasteiger partial charge in [0.15, 0.2) is 0 Å². The Kier molecular flexibility index (Phi) is 3.68. The monoisotopic (exact) mass is 345 g/mol. The number of hydrogen-bond acceptors (Lipinski definition) is 4. The average molecular weight is 345 g/mol. The lowest BCUT2D eigenvalue weighted by atomic mass is 9.99. The van der Waals surface area contributed by atoms with E-state index < -0.39 is 0 Å². The molecule has 0 radical (unpaired) electrons. The summed E-state index contributed by atoms with van der Waals surface area (Å²) < 4.78 is 7.74. The molecular formula is C20H19N5O. The van der Waals surface area contributed by atoms with Crippen LogP contribution >= 0.6 is 0 Å². The number of aromatic amines is 1. The van der Waals surface area contributed by atoms with Crippen molar-refractivity contribution in [2.75, 3.05) is 6.54 Å². The summed E-state index contributed by atoms with van der Waals surface area (Å²) in [6.07, 6.45) is 8.36. The molecular weight excluding hydrogens is 326 g/mol. The predicted octanol–water partition coefficient (Wildman–Crippen LogP) is 3.34. The quantitative estimate of drug-likeness (QED) is 0.616. The van der Waals surface area contributed by atoms with E-state index in [2.05, 4.69) is 42.7 Å². The molecule has 1 N–H and O–H groups in total. The van der Waals surface area contributed by atoms with E-state index in [4.69, 9.17) is 4.42 Å². The molecule has 130 valence electrons. The Labute approximate surface area is 151 Å². The van der Waals surface area contributed by atoms with Crippen LogP contribution in [0.3, 0.4) is 0 Å². The molecule has 0 saturated heterocycles. The number of rotatable bonds is 4. The average Bonchev–Trinajstić information content (AvgIpc) is 3.44. The van der Waals surface area contributed by atoms with Crippen LogP contribution in [0, 0.1) is 0 Å². The molecule has 0 spiro atoms. The number of nitrogens with one attached hydrogen (secondary N) is 1. The van der Waals surface area contributed by atoms with Gasteiger partial charge in [0, 0.05) is 36.7 Å². The highest BCUT2D eigenvalue weighted by Gasteiger charge is 2.33. The van der Waals surface area contributed by atoms with Crippen molar-refractivity contribution in [2.45, 2.75) is 19.0 Å². The van der Waals surface area contributed by atoms with Crippen LogP contribution < -0.4 is 0 Å². The zero-order valence-corrected chi connectivity index (χ0v) is 14.2. The lowest BCUT2D eigenvalue weighted by Gasteiger charge is -2.34. The SMILES string of the molecule is c1ccc(-n2cccc2[C@@H]2c3nc[nH]c3CCN2Cc2ccco2)nc1. The molecule has 0 aromatic carbocycles. The number of furan rings is 1. The molecule has 4 aromatic heterocycles. The van der Waals surface area contributed by atoms with Gasteiger partial charge in [-0.15, -0.1) is 0 Å². The van der Waals surface area contributed by atoms with Crippen LogP contribution in [0.2, 0.25) is 0 Å². The minimum atomic E-state index is 0.0482. The molecule has 1 aliphatic heterocycles. The fraction of sp³-hybridized carbons (Fsp3) is 0.200. The fourth-order valence-electron chi connectivity index (χ4n) is 3.75. The van der Waals surface area contributed by atoms with Gasteiger partial charge >= 0.3 is 0 Å². The first kappa shape index (κ1) is 15.2. The minimum Gasteiger partial charge on any atom is -0.468 e. The number of imidazole rings is 1. The van der Waals surface area contributed by atoms with Gasteiger partial charge in [0.2, 0.25) is 0 Å². The summed E-state index contributed by atoms with van der Waals surface area (Å²) in [4.78, 5) is 14.9. The Morgan fingerprint density at radius 1 is 1.12 bits per heavy atom. The van der Waals surface area contributed by atoms with Gasteiger partial charge in [-0.2, -0.15) is 0 Å². The molecule has 0 amide bonds. The van der Waals surface area contributed by atoms with Crippen LogP contribution in [0.25, 0.3) is 5.82 Å². The summed E-state index contributed by atoms with van der Waals surface area (Å²) in [5.41, 5.74) is 3.45. The maximum Gasteiger partial charge on any atom is 0.136 e. The van der Waals surface area contributed by atoms with E-state index in [-0.39, 0.29) is 6.04 Å². The lowest BCUT2D eigenvalue weighted by molar-refractivity contribution is 0.181. The van der Waals surface area contributed by atoms with Crippen LogP contribution in [0.5, 0.6) is 0 Å². The molecule has 1 aliphatic rings. The van der Waals surface area contributed by atoms with Crippen LogP contribution in [0.4, 0.5) is 0 Å². The van der Waals surface area contributed by atoms with Gasteiger partial charge in [0.25, 0.3) is 0 Å². The van der Waals surface area contributed by atoms with Crippen molar-refractivity contribution >= 4 is 0 Å². The van der Waals surface area contributed by atoms with Gasteiger partial charge in [0.1, 0.15) is 11.6 Å². The minimum absolute atomic E-state index is 0.0482. The highest BCUT2D eigenvalue weighted by atomic mass is 16.3. The van der Waals surface area contributed by atoms with Crippen molar-refractivity contribution in [2.24, 2.45) is 0 Å². The summed E-state index contributed by atoms with van der Waals surface area (Å²) in [5, 5.41) is 0. The van der Waals surface area contributed by atoms with E-state index in [0.29, 0.717) is 0 Å². The number of H-pyrrole nitrogens is 1. The maximum absolute atomic E-state index is 5.60. The van der Waals surface area contributed by atoms with Crippen molar-refractivity contribution in [1.82, 2.24) is 24.4 Å². The number of fused-ring (bicyclic) bond motifs is 1. The Balaban J connectivity index is 1.59. The second-order valence-corrected chi connectivity index (χ2v) is 6.46.